The van der Waals surface area contributed by atoms with E-state index in [-0.39, 0.29) is 12.4 Å². The fourth-order valence-electron chi connectivity index (χ4n) is 2.88. The summed E-state index contributed by atoms with van der Waals surface area (Å²) in [6.45, 7) is 2.08. The van der Waals surface area contributed by atoms with E-state index in [0.29, 0.717) is 0 Å². The van der Waals surface area contributed by atoms with Crippen molar-refractivity contribution in [2.45, 2.75) is 6.92 Å². The van der Waals surface area contributed by atoms with Crippen molar-refractivity contribution in [3.63, 3.8) is 0 Å². The van der Waals surface area contributed by atoms with Gasteiger partial charge in [0.15, 0.2) is 0 Å². The number of fused-ring (bicyclic) bond motifs is 2. The van der Waals surface area contributed by atoms with Crippen molar-refractivity contribution >= 4 is 51.3 Å². The molecule has 0 aliphatic rings. The SMILES string of the molecule is Cc1ccc(N)cc1Nc1c2ccccc2nc2ccccc12.Cl. The number of nitrogens with two attached hydrogens (primary N) is 1. The molecule has 1 heterocycles. The first-order chi connectivity index (χ1) is 11.2. The summed E-state index contributed by atoms with van der Waals surface area (Å²) in [5.41, 5.74) is 11.9. The van der Waals surface area contributed by atoms with E-state index in [0.717, 1.165) is 44.4 Å². The Morgan fingerprint density at radius 2 is 1.42 bits per heavy atom. The standard InChI is InChI=1S/C20H17N3.ClH/c1-13-10-11-14(21)12-19(13)23-20-15-6-2-4-8-17(15)22-18-9-5-3-7-16(18)20;/h2-12H,21H2,1H3,(H,22,23);1H. The molecule has 3 aromatic carbocycles. The molecule has 4 aromatic rings. The average molecular weight is 336 g/mol. The quantitative estimate of drug-likeness (QED) is 0.378. The molecule has 0 bridgehead atoms. The number of nitrogens with zero attached hydrogens (tertiary/aromatic N) is 1. The summed E-state index contributed by atoms with van der Waals surface area (Å²) in [5, 5.41) is 5.79. The van der Waals surface area contributed by atoms with Gasteiger partial charge in [-0.05, 0) is 36.8 Å². The summed E-state index contributed by atoms with van der Waals surface area (Å²) in [7, 11) is 0. The molecule has 0 saturated heterocycles. The maximum absolute atomic E-state index is 5.95. The first-order valence-corrected chi connectivity index (χ1v) is 7.63. The molecule has 3 N–H and O–H groups in total. The number of nitrogens with one attached hydrogen (secondary N) is 1. The first kappa shape index (κ1) is 16.1. The molecule has 24 heavy (non-hydrogen) atoms. The van der Waals surface area contributed by atoms with Crippen LogP contribution in [0.1, 0.15) is 5.56 Å². The predicted octanol–water partition coefficient (Wildman–Crippen LogP) is 5.44. The van der Waals surface area contributed by atoms with Gasteiger partial charge in [0.05, 0.1) is 16.7 Å². The maximum atomic E-state index is 5.95. The Balaban J connectivity index is 0.00000169. The number of aromatic nitrogens is 1. The summed E-state index contributed by atoms with van der Waals surface area (Å²) >= 11 is 0. The smallest absolute Gasteiger partial charge is 0.0730 e. The van der Waals surface area contributed by atoms with Crippen molar-refractivity contribution in [2.75, 3.05) is 11.1 Å². The maximum Gasteiger partial charge on any atom is 0.0730 e. The van der Waals surface area contributed by atoms with Gasteiger partial charge in [0.1, 0.15) is 0 Å². The van der Waals surface area contributed by atoms with Gasteiger partial charge in [-0.2, -0.15) is 0 Å². The van der Waals surface area contributed by atoms with E-state index in [2.05, 4.69) is 24.4 Å². The number of hydrogen-bond donors (Lipinski definition) is 2. The fourth-order valence-corrected chi connectivity index (χ4v) is 2.88. The van der Waals surface area contributed by atoms with Crippen LogP contribution in [-0.2, 0) is 0 Å². The molecule has 0 unspecified atom stereocenters. The predicted molar refractivity (Wildman–Crippen MR) is 105 cm³/mol. The third kappa shape index (κ3) is 2.74. The third-order valence-electron chi connectivity index (χ3n) is 4.11. The number of halogens is 1. The van der Waals surface area contributed by atoms with Gasteiger partial charge in [-0.25, -0.2) is 4.98 Å². The van der Waals surface area contributed by atoms with Crippen molar-refractivity contribution < 1.29 is 0 Å². The Morgan fingerprint density at radius 3 is 2.04 bits per heavy atom. The molecule has 0 saturated carbocycles. The Morgan fingerprint density at radius 1 is 0.833 bits per heavy atom. The molecule has 4 heteroatoms. The number of benzene rings is 3. The minimum atomic E-state index is 0. The highest BCUT2D eigenvalue weighted by atomic mass is 35.5. The van der Waals surface area contributed by atoms with E-state index in [1.165, 1.54) is 0 Å². The molecule has 0 spiro atoms. The summed E-state index contributed by atoms with van der Waals surface area (Å²) in [6.07, 6.45) is 0. The minimum Gasteiger partial charge on any atom is -0.399 e. The lowest BCUT2D eigenvalue weighted by molar-refractivity contribution is 1.43. The molecule has 0 aliphatic heterocycles. The van der Waals surface area contributed by atoms with Gasteiger partial charge in [-0.1, -0.05) is 42.5 Å². The topological polar surface area (TPSA) is 50.9 Å². The number of pyridine rings is 1. The lowest BCUT2D eigenvalue weighted by Gasteiger charge is -2.15. The third-order valence-corrected chi connectivity index (χ3v) is 4.11. The summed E-state index contributed by atoms with van der Waals surface area (Å²) < 4.78 is 0. The van der Waals surface area contributed by atoms with Crippen LogP contribution < -0.4 is 11.1 Å². The molecule has 4 rings (SSSR count). The van der Waals surface area contributed by atoms with E-state index >= 15 is 0 Å². The van der Waals surface area contributed by atoms with Crippen LogP contribution in [-0.4, -0.2) is 4.98 Å². The van der Waals surface area contributed by atoms with Crippen molar-refractivity contribution in [1.82, 2.24) is 4.98 Å². The molecule has 0 aliphatic carbocycles. The van der Waals surface area contributed by atoms with Crippen LogP contribution in [0.25, 0.3) is 21.8 Å². The number of aryl methyl sites for hydroxylation is 1. The molecular weight excluding hydrogens is 318 g/mol. The zero-order chi connectivity index (χ0) is 15.8. The number of anilines is 3. The van der Waals surface area contributed by atoms with Crippen LogP contribution in [0, 0.1) is 6.92 Å². The lowest BCUT2D eigenvalue weighted by atomic mass is 10.1. The molecule has 0 amide bonds. The number of rotatable bonds is 2. The second-order valence-electron chi connectivity index (χ2n) is 5.72. The Labute approximate surface area is 146 Å². The number of para-hydroxylation sites is 2. The van der Waals surface area contributed by atoms with Crippen molar-refractivity contribution in [3.05, 3.63) is 72.3 Å². The zero-order valence-corrected chi connectivity index (χ0v) is 14.1. The van der Waals surface area contributed by atoms with Crippen molar-refractivity contribution in [3.8, 4) is 0 Å². The molecule has 0 atom stereocenters. The second kappa shape index (κ2) is 6.38. The van der Waals surface area contributed by atoms with Gasteiger partial charge >= 0.3 is 0 Å². The van der Waals surface area contributed by atoms with Crippen LogP contribution in [0.2, 0.25) is 0 Å². The van der Waals surface area contributed by atoms with Crippen LogP contribution in [0.3, 0.4) is 0 Å². The van der Waals surface area contributed by atoms with Gasteiger partial charge in [0, 0.05) is 22.1 Å². The number of hydrogen-bond acceptors (Lipinski definition) is 3. The monoisotopic (exact) mass is 335 g/mol. The highest BCUT2D eigenvalue weighted by molar-refractivity contribution is 6.08. The van der Waals surface area contributed by atoms with E-state index < -0.39 is 0 Å². The normalized spacial score (nSPS) is 10.5. The fraction of sp³-hybridized carbons (Fsp3) is 0.0500. The molecular formula is C20H18ClN3. The van der Waals surface area contributed by atoms with Crippen LogP contribution in [0.15, 0.2) is 66.7 Å². The van der Waals surface area contributed by atoms with Crippen molar-refractivity contribution in [1.29, 1.82) is 0 Å². The highest BCUT2D eigenvalue weighted by Gasteiger charge is 2.10. The van der Waals surface area contributed by atoms with Crippen molar-refractivity contribution in [2.24, 2.45) is 0 Å². The Bertz CT molecular complexity index is 974. The lowest BCUT2D eigenvalue weighted by Crippen LogP contribution is -1.98. The van der Waals surface area contributed by atoms with E-state index in [1.54, 1.807) is 0 Å². The van der Waals surface area contributed by atoms with E-state index in [4.69, 9.17) is 10.7 Å². The Kier molecular flexibility index (Phi) is 4.28. The van der Waals surface area contributed by atoms with Gasteiger partial charge in [-0.3, -0.25) is 0 Å². The summed E-state index contributed by atoms with van der Waals surface area (Å²) in [4.78, 5) is 4.76. The molecule has 120 valence electrons. The Hall–Kier alpha value is -2.78. The molecule has 3 nitrogen and oxygen atoms in total. The zero-order valence-electron chi connectivity index (χ0n) is 13.3. The highest BCUT2D eigenvalue weighted by Crippen LogP contribution is 2.34. The number of nitrogen functional groups attached to an aromatic ring is 1. The van der Waals surface area contributed by atoms with Gasteiger partial charge in [0.25, 0.3) is 0 Å². The first-order valence-electron chi connectivity index (χ1n) is 7.63. The van der Waals surface area contributed by atoms with Crippen LogP contribution in [0.4, 0.5) is 17.1 Å². The summed E-state index contributed by atoms with van der Waals surface area (Å²) in [5.74, 6) is 0. The average Bonchev–Trinajstić information content (AvgIpc) is 2.58. The van der Waals surface area contributed by atoms with E-state index in [9.17, 15) is 0 Å². The van der Waals surface area contributed by atoms with E-state index in [1.807, 2.05) is 54.6 Å². The largest absolute Gasteiger partial charge is 0.399 e. The van der Waals surface area contributed by atoms with Gasteiger partial charge in [0.2, 0.25) is 0 Å². The summed E-state index contributed by atoms with van der Waals surface area (Å²) in [6, 6.07) is 22.3. The minimum absolute atomic E-state index is 0. The van der Waals surface area contributed by atoms with Gasteiger partial charge < -0.3 is 11.1 Å². The van der Waals surface area contributed by atoms with Crippen LogP contribution >= 0.6 is 12.4 Å². The molecule has 0 radical (unpaired) electrons. The van der Waals surface area contributed by atoms with Gasteiger partial charge in [-0.15, -0.1) is 12.4 Å². The van der Waals surface area contributed by atoms with Crippen LogP contribution in [0.5, 0.6) is 0 Å². The second-order valence-corrected chi connectivity index (χ2v) is 5.72. The molecule has 1 aromatic heterocycles. The molecule has 0 fully saturated rings.